The summed E-state index contributed by atoms with van der Waals surface area (Å²) in [6.07, 6.45) is 3.81. The van der Waals surface area contributed by atoms with Crippen LogP contribution in [0.3, 0.4) is 0 Å². The van der Waals surface area contributed by atoms with Crippen molar-refractivity contribution in [2.75, 3.05) is 27.0 Å². The van der Waals surface area contributed by atoms with Gasteiger partial charge in [-0.25, -0.2) is 4.79 Å². The zero-order chi connectivity index (χ0) is 31.8. The molecule has 0 amide bonds. The van der Waals surface area contributed by atoms with Crippen molar-refractivity contribution in [3.63, 3.8) is 0 Å². The van der Waals surface area contributed by atoms with Gasteiger partial charge in [-0.3, -0.25) is 9.69 Å². The maximum Gasteiger partial charge on any atom is 0.339 e. The van der Waals surface area contributed by atoms with Crippen molar-refractivity contribution in [1.29, 1.82) is 0 Å². The van der Waals surface area contributed by atoms with Gasteiger partial charge in [-0.05, 0) is 93.8 Å². The molecule has 2 unspecified atom stereocenters. The van der Waals surface area contributed by atoms with Gasteiger partial charge in [0, 0.05) is 6.54 Å². The number of esters is 2. The molecule has 3 heterocycles. The second-order valence-electron chi connectivity index (χ2n) is 13.3. The molecule has 0 bridgehead atoms. The summed E-state index contributed by atoms with van der Waals surface area (Å²) in [6, 6.07) is 13.2. The third kappa shape index (κ3) is 6.28. The lowest BCUT2D eigenvalue weighted by Gasteiger charge is -2.39. The zero-order valence-corrected chi connectivity index (χ0v) is 26.3. The molecule has 2 aromatic rings. The van der Waals surface area contributed by atoms with Crippen molar-refractivity contribution in [3.8, 4) is 11.5 Å². The Labute approximate surface area is 263 Å². The molecule has 4 atom stereocenters. The summed E-state index contributed by atoms with van der Waals surface area (Å²) in [6.45, 7) is 5.22. The Morgan fingerprint density at radius 2 is 1.82 bits per heavy atom. The summed E-state index contributed by atoms with van der Waals surface area (Å²) in [4.78, 5) is 29.6. The highest BCUT2D eigenvalue weighted by Gasteiger charge is 2.59. The standard InChI is InChI=1S/C35H43NO9/c1-33(2,39)12-7-14-35(40,20-29(37)42-21-23-9-5-4-6-10-23)32(38)45-31-28(41-3)19-34-13-8-15-36(34)16-11-24-17-26-27(44-22-43-26)18-25(24)30(31)34/h4-6,9-10,17-19,30-31,39-40H,7-8,11-16,20-22H2,1-3H3/t30-,31?,34?,35-/m1/s1. The van der Waals surface area contributed by atoms with Crippen LogP contribution in [-0.2, 0) is 36.8 Å². The van der Waals surface area contributed by atoms with Gasteiger partial charge in [-0.15, -0.1) is 0 Å². The van der Waals surface area contributed by atoms with Crippen LogP contribution < -0.4 is 9.47 Å². The highest BCUT2D eigenvalue weighted by Crippen LogP contribution is 2.55. The van der Waals surface area contributed by atoms with E-state index in [1.165, 1.54) is 0 Å². The first-order valence-corrected chi connectivity index (χ1v) is 15.8. The lowest BCUT2D eigenvalue weighted by Crippen LogP contribution is -2.49. The van der Waals surface area contributed by atoms with E-state index in [-0.39, 0.29) is 32.2 Å². The summed E-state index contributed by atoms with van der Waals surface area (Å²) in [5, 5.41) is 22.2. The van der Waals surface area contributed by atoms with Crippen molar-refractivity contribution in [2.24, 2.45) is 0 Å². The number of fused-ring (bicyclic) bond motifs is 3. The Morgan fingerprint density at radius 3 is 2.56 bits per heavy atom. The molecule has 45 heavy (non-hydrogen) atoms. The van der Waals surface area contributed by atoms with Crippen LogP contribution in [0.25, 0.3) is 0 Å². The predicted octanol–water partition coefficient (Wildman–Crippen LogP) is 4.15. The van der Waals surface area contributed by atoms with E-state index in [2.05, 4.69) is 11.0 Å². The first-order chi connectivity index (χ1) is 21.5. The molecule has 4 aliphatic rings. The van der Waals surface area contributed by atoms with Crippen LogP contribution in [0, 0.1) is 0 Å². The SMILES string of the molecule is COC1=CC23CCCN2CCc2cc4c(cc2[C@@H]3C1OC(=O)[C@@](O)(CCCC(C)(C)O)CC(=O)OCc1ccccc1)OCO4. The van der Waals surface area contributed by atoms with Crippen LogP contribution in [0.2, 0.25) is 0 Å². The number of ether oxygens (including phenoxy) is 5. The normalized spacial score (nSPS) is 24.9. The Balaban J connectivity index is 1.29. The summed E-state index contributed by atoms with van der Waals surface area (Å²) in [5.74, 6) is -0.104. The summed E-state index contributed by atoms with van der Waals surface area (Å²) < 4.78 is 29.0. The van der Waals surface area contributed by atoms with Gasteiger partial charge in [0.05, 0.1) is 30.6 Å². The fourth-order valence-electron chi connectivity index (χ4n) is 7.42. The smallest absolute Gasteiger partial charge is 0.339 e. The molecule has 1 aliphatic carbocycles. The van der Waals surface area contributed by atoms with Crippen molar-refractivity contribution in [2.45, 2.75) is 94.2 Å². The zero-order valence-electron chi connectivity index (χ0n) is 26.3. The van der Waals surface area contributed by atoms with Gasteiger partial charge >= 0.3 is 11.9 Å². The van der Waals surface area contributed by atoms with Gasteiger partial charge in [0.2, 0.25) is 6.79 Å². The molecule has 10 nitrogen and oxygen atoms in total. The number of aliphatic hydroxyl groups is 2. The van der Waals surface area contributed by atoms with E-state index in [0.717, 1.165) is 49.0 Å². The van der Waals surface area contributed by atoms with Gasteiger partial charge in [-0.2, -0.15) is 0 Å². The van der Waals surface area contributed by atoms with Crippen LogP contribution in [0.4, 0.5) is 0 Å². The number of benzene rings is 2. The van der Waals surface area contributed by atoms with E-state index >= 15 is 0 Å². The molecule has 0 saturated carbocycles. The number of carbonyl (C=O) groups is 2. The van der Waals surface area contributed by atoms with E-state index < -0.39 is 41.2 Å². The van der Waals surface area contributed by atoms with Crippen LogP contribution in [0.1, 0.15) is 75.0 Å². The minimum atomic E-state index is -2.18. The minimum absolute atomic E-state index is 0.0149. The van der Waals surface area contributed by atoms with E-state index in [4.69, 9.17) is 23.7 Å². The molecule has 3 aliphatic heterocycles. The predicted molar refractivity (Wildman–Crippen MR) is 163 cm³/mol. The monoisotopic (exact) mass is 621 g/mol. The number of hydrogen-bond acceptors (Lipinski definition) is 10. The Morgan fingerprint density at radius 1 is 1.07 bits per heavy atom. The van der Waals surface area contributed by atoms with E-state index in [0.29, 0.717) is 23.7 Å². The first-order valence-electron chi connectivity index (χ1n) is 15.8. The molecule has 0 aromatic heterocycles. The number of rotatable bonds is 11. The molecule has 2 aromatic carbocycles. The molecular formula is C35H43NO9. The molecular weight excluding hydrogens is 578 g/mol. The fraction of sp³-hybridized carbons (Fsp3) is 0.543. The van der Waals surface area contributed by atoms with Crippen molar-refractivity contribution in [1.82, 2.24) is 4.90 Å². The molecule has 1 spiro atoms. The molecule has 2 N–H and O–H groups in total. The van der Waals surface area contributed by atoms with Crippen LogP contribution in [-0.4, -0.2) is 76.9 Å². The first kappa shape index (κ1) is 31.4. The second-order valence-corrected chi connectivity index (χ2v) is 13.3. The third-order valence-electron chi connectivity index (χ3n) is 9.64. The summed E-state index contributed by atoms with van der Waals surface area (Å²) in [5.41, 5.74) is -0.745. The average molecular weight is 622 g/mol. The van der Waals surface area contributed by atoms with Gasteiger partial charge < -0.3 is 33.9 Å². The molecule has 0 radical (unpaired) electrons. The Hall–Kier alpha value is -3.60. The largest absolute Gasteiger partial charge is 0.497 e. The van der Waals surface area contributed by atoms with Gasteiger partial charge in [0.1, 0.15) is 12.4 Å². The van der Waals surface area contributed by atoms with E-state index in [1.807, 2.05) is 42.5 Å². The van der Waals surface area contributed by atoms with Gasteiger partial charge in [0.25, 0.3) is 0 Å². The van der Waals surface area contributed by atoms with Crippen molar-refractivity contribution in [3.05, 3.63) is 71.0 Å². The maximum absolute atomic E-state index is 14.1. The number of hydrogen-bond donors (Lipinski definition) is 2. The lowest BCUT2D eigenvalue weighted by molar-refractivity contribution is -0.179. The lowest BCUT2D eigenvalue weighted by atomic mass is 9.77. The average Bonchev–Trinajstić information content (AvgIpc) is 3.69. The number of nitrogens with zero attached hydrogens (tertiary/aromatic N) is 1. The van der Waals surface area contributed by atoms with E-state index in [1.54, 1.807) is 21.0 Å². The Kier molecular flexibility index (Phi) is 8.58. The third-order valence-corrected chi connectivity index (χ3v) is 9.64. The molecule has 242 valence electrons. The highest BCUT2D eigenvalue weighted by atomic mass is 16.7. The maximum atomic E-state index is 14.1. The highest BCUT2D eigenvalue weighted by molar-refractivity contribution is 5.86. The topological polar surface area (TPSA) is 124 Å². The van der Waals surface area contributed by atoms with E-state index in [9.17, 15) is 19.8 Å². The minimum Gasteiger partial charge on any atom is -0.497 e. The van der Waals surface area contributed by atoms with Crippen LogP contribution in [0.15, 0.2) is 54.3 Å². The van der Waals surface area contributed by atoms with Gasteiger partial charge in [0.15, 0.2) is 23.2 Å². The van der Waals surface area contributed by atoms with Crippen LogP contribution >= 0.6 is 0 Å². The second kappa shape index (κ2) is 12.3. The summed E-state index contributed by atoms with van der Waals surface area (Å²) in [7, 11) is 1.56. The Bertz CT molecular complexity index is 1450. The molecule has 1 saturated heterocycles. The molecule has 6 rings (SSSR count). The van der Waals surface area contributed by atoms with Crippen LogP contribution in [0.5, 0.6) is 11.5 Å². The summed E-state index contributed by atoms with van der Waals surface area (Å²) >= 11 is 0. The van der Waals surface area contributed by atoms with Gasteiger partial charge in [-0.1, -0.05) is 30.3 Å². The van der Waals surface area contributed by atoms with Crippen molar-refractivity contribution < 1.29 is 43.5 Å². The number of methoxy groups -OCH3 is 1. The van der Waals surface area contributed by atoms with Crippen molar-refractivity contribution >= 4 is 11.9 Å². The number of carbonyl (C=O) groups excluding carboxylic acids is 2. The quantitative estimate of drug-likeness (QED) is 0.354. The fourth-order valence-corrected chi connectivity index (χ4v) is 7.42. The molecule has 10 heteroatoms. The molecule has 1 fully saturated rings.